The molecule has 2 aromatic carbocycles. The van der Waals surface area contributed by atoms with Gasteiger partial charge in [-0.25, -0.2) is 4.68 Å². The minimum atomic E-state index is 0.361. The van der Waals surface area contributed by atoms with Crippen molar-refractivity contribution in [1.29, 1.82) is 0 Å². The van der Waals surface area contributed by atoms with E-state index in [1.165, 1.54) is 27.5 Å². The second-order valence-corrected chi connectivity index (χ2v) is 7.61. The van der Waals surface area contributed by atoms with Gasteiger partial charge in [0.2, 0.25) is 0 Å². The first kappa shape index (κ1) is 17.2. The Balaban J connectivity index is 1.52. The van der Waals surface area contributed by atoms with Gasteiger partial charge in [-0.05, 0) is 48.6 Å². The molecule has 2 heterocycles. The van der Waals surface area contributed by atoms with Crippen molar-refractivity contribution >= 4 is 10.8 Å². The van der Waals surface area contributed by atoms with Gasteiger partial charge < -0.3 is 5.73 Å². The average Bonchev–Trinajstić information content (AvgIpc) is 3.06. The Bertz CT molecular complexity index is 906. The van der Waals surface area contributed by atoms with Gasteiger partial charge in [0.1, 0.15) is 0 Å². The highest BCUT2D eigenvalue weighted by Crippen LogP contribution is 2.24. The van der Waals surface area contributed by atoms with Gasteiger partial charge in [-0.2, -0.15) is 0 Å². The molecule has 1 aliphatic rings. The Morgan fingerprint density at radius 2 is 1.88 bits per heavy atom. The Morgan fingerprint density at radius 3 is 2.69 bits per heavy atom. The fourth-order valence-electron chi connectivity index (χ4n) is 3.82. The normalized spacial score (nSPS) is 16.4. The zero-order chi connectivity index (χ0) is 18.1. The predicted octanol–water partition coefficient (Wildman–Crippen LogP) is 3.02. The number of likely N-dealkylation sites (tertiary alicyclic amines) is 1. The molecule has 0 aliphatic carbocycles. The lowest BCUT2D eigenvalue weighted by molar-refractivity contribution is 0.203. The molecule has 3 aromatic rings. The number of aryl methyl sites for hydroxylation is 2. The van der Waals surface area contributed by atoms with Crippen molar-refractivity contribution < 1.29 is 0 Å². The van der Waals surface area contributed by atoms with Gasteiger partial charge >= 0.3 is 0 Å². The smallest absolute Gasteiger partial charge is 0.0967 e. The van der Waals surface area contributed by atoms with E-state index in [4.69, 9.17) is 5.73 Å². The molecule has 1 aromatic heterocycles. The van der Waals surface area contributed by atoms with E-state index in [0.717, 1.165) is 44.7 Å². The van der Waals surface area contributed by atoms with Crippen LogP contribution in [0.25, 0.3) is 10.8 Å². The first-order valence-corrected chi connectivity index (χ1v) is 9.44. The zero-order valence-electron chi connectivity index (χ0n) is 15.7. The summed E-state index contributed by atoms with van der Waals surface area (Å²) in [5, 5.41) is 11.4. The summed E-state index contributed by atoms with van der Waals surface area (Å²) in [4.78, 5) is 2.42. The predicted molar refractivity (Wildman–Crippen MR) is 105 cm³/mol. The van der Waals surface area contributed by atoms with Crippen molar-refractivity contribution in [2.45, 2.75) is 45.8 Å². The summed E-state index contributed by atoms with van der Waals surface area (Å²) in [6.07, 6.45) is 4.23. The van der Waals surface area contributed by atoms with Crippen LogP contribution in [0.3, 0.4) is 0 Å². The number of hydrogen-bond acceptors (Lipinski definition) is 4. The molecule has 26 heavy (non-hydrogen) atoms. The molecule has 0 unspecified atom stereocenters. The first-order chi connectivity index (χ1) is 12.6. The second kappa shape index (κ2) is 7.17. The Kier molecular flexibility index (Phi) is 4.74. The van der Waals surface area contributed by atoms with Crippen LogP contribution in [0, 0.1) is 13.8 Å². The van der Waals surface area contributed by atoms with Crippen LogP contribution in [0.1, 0.15) is 35.2 Å². The number of fused-ring (bicyclic) bond motifs is 1. The summed E-state index contributed by atoms with van der Waals surface area (Å²) < 4.78 is 1.96. The van der Waals surface area contributed by atoms with Crippen LogP contribution >= 0.6 is 0 Å². The number of hydrogen-bond donors (Lipinski definition) is 1. The van der Waals surface area contributed by atoms with Gasteiger partial charge in [0.05, 0.1) is 18.4 Å². The maximum atomic E-state index is 5.99. The molecule has 136 valence electrons. The molecule has 0 bridgehead atoms. The van der Waals surface area contributed by atoms with Crippen LogP contribution in [0.15, 0.2) is 36.5 Å². The van der Waals surface area contributed by atoms with Crippen LogP contribution in [0.2, 0.25) is 0 Å². The van der Waals surface area contributed by atoms with Gasteiger partial charge in [0.15, 0.2) is 0 Å². The van der Waals surface area contributed by atoms with Crippen LogP contribution in [0.5, 0.6) is 0 Å². The van der Waals surface area contributed by atoms with E-state index in [-0.39, 0.29) is 0 Å². The molecule has 5 nitrogen and oxygen atoms in total. The van der Waals surface area contributed by atoms with E-state index in [9.17, 15) is 0 Å². The number of nitrogens with two attached hydrogens (primary N) is 1. The van der Waals surface area contributed by atoms with Crippen molar-refractivity contribution in [2.75, 3.05) is 13.1 Å². The van der Waals surface area contributed by atoms with Crippen molar-refractivity contribution in [3.05, 3.63) is 58.9 Å². The van der Waals surface area contributed by atoms with E-state index in [2.05, 4.69) is 65.6 Å². The van der Waals surface area contributed by atoms with E-state index in [1.54, 1.807) is 0 Å². The molecule has 0 saturated carbocycles. The topological polar surface area (TPSA) is 60.0 Å². The largest absolute Gasteiger partial charge is 0.328 e. The fraction of sp³-hybridized carbons (Fsp3) is 0.429. The highest BCUT2D eigenvalue weighted by Gasteiger charge is 2.17. The van der Waals surface area contributed by atoms with E-state index >= 15 is 0 Å². The maximum absolute atomic E-state index is 5.99. The quantitative estimate of drug-likeness (QED) is 0.786. The summed E-state index contributed by atoms with van der Waals surface area (Å²) >= 11 is 0. The highest BCUT2D eigenvalue weighted by molar-refractivity contribution is 5.87. The molecule has 5 heteroatoms. The van der Waals surface area contributed by atoms with Crippen LogP contribution in [0.4, 0.5) is 0 Å². The van der Waals surface area contributed by atoms with Crippen LogP contribution in [-0.2, 0) is 13.1 Å². The van der Waals surface area contributed by atoms with Crippen molar-refractivity contribution in [2.24, 2.45) is 5.73 Å². The third-order valence-corrected chi connectivity index (χ3v) is 5.45. The third-order valence-electron chi connectivity index (χ3n) is 5.45. The molecule has 4 rings (SSSR count). The van der Waals surface area contributed by atoms with Gasteiger partial charge in [-0.15, -0.1) is 5.10 Å². The van der Waals surface area contributed by atoms with E-state index in [1.807, 2.05) is 4.68 Å². The summed E-state index contributed by atoms with van der Waals surface area (Å²) in [5.74, 6) is 0. The molecule has 1 fully saturated rings. The Morgan fingerprint density at radius 1 is 1.08 bits per heavy atom. The van der Waals surface area contributed by atoms with Gasteiger partial charge in [0.25, 0.3) is 0 Å². The Hall–Kier alpha value is -2.24. The third kappa shape index (κ3) is 3.64. The molecular formula is C21H27N5. The first-order valence-electron chi connectivity index (χ1n) is 9.44. The number of benzene rings is 2. The molecule has 2 N–H and O–H groups in total. The lowest BCUT2D eigenvalue weighted by Gasteiger charge is -2.29. The number of rotatable bonds is 4. The Labute approximate surface area is 154 Å². The molecule has 0 atom stereocenters. The van der Waals surface area contributed by atoms with Gasteiger partial charge in [-0.1, -0.05) is 41.1 Å². The van der Waals surface area contributed by atoms with Crippen LogP contribution < -0.4 is 5.73 Å². The standard InChI is InChI=1S/C21H27N5/c1-15-3-6-20-17(11-15)5-4-16(2)21(20)14-26-13-19(23-24-26)12-25-9-7-18(22)8-10-25/h3-6,11,13,18H,7-10,12,14,22H2,1-2H3. The van der Waals surface area contributed by atoms with Gasteiger partial charge in [-0.3, -0.25) is 4.90 Å². The van der Waals surface area contributed by atoms with E-state index < -0.39 is 0 Å². The molecular weight excluding hydrogens is 322 g/mol. The minimum Gasteiger partial charge on any atom is -0.328 e. The summed E-state index contributed by atoms with van der Waals surface area (Å²) in [6, 6.07) is 11.4. The zero-order valence-corrected chi connectivity index (χ0v) is 15.7. The van der Waals surface area contributed by atoms with Crippen molar-refractivity contribution in [3.8, 4) is 0 Å². The molecule has 0 spiro atoms. The summed E-state index contributed by atoms with van der Waals surface area (Å²) in [5.41, 5.74) is 10.9. The van der Waals surface area contributed by atoms with Crippen molar-refractivity contribution in [3.63, 3.8) is 0 Å². The monoisotopic (exact) mass is 349 g/mol. The van der Waals surface area contributed by atoms with Crippen molar-refractivity contribution in [1.82, 2.24) is 19.9 Å². The molecule has 0 amide bonds. The second-order valence-electron chi connectivity index (χ2n) is 7.61. The minimum absolute atomic E-state index is 0.361. The lowest BCUT2D eigenvalue weighted by atomic mass is 9.98. The molecule has 1 saturated heterocycles. The number of piperidine rings is 1. The van der Waals surface area contributed by atoms with E-state index in [0.29, 0.717) is 6.04 Å². The molecule has 1 aliphatic heterocycles. The fourth-order valence-corrected chi connectivity index (χ4v) is 3.82. The maximum Gasteiger partial charge on any atom is 0.0967 e. The highest BCUT2D eigenvalue weighted by atomic mass is 15.4. The summed E-state index contributed by atoms with van der Waals surface area (Å²) in [7, 11) is 0. The van der Waals surface area contributed by atoms with Crippen LogP contribution in [-0.4, -0.2) is 39.0 Å². The summed E-state index contributed by atoms with van der Waals surface area (Å²) in [6.45, 7) is 8.02. The lowest BCUT2D eigenvalue weighted by Crippen LogP contribution is -2.39. The average molecular weight is 349 g/mol. The number of aromatic nitrogens is 3. The number of nitrogens with zero attached hydrogens (tertiary/aromatic N) is 4. The van der Waals surface area contributed by atoms with Gasteiger partial charge in [0, 0.05) is 25.7 Å². The molecule has 0 radical (unpaired) electrons. The SMILES string of the molecule is Cc1ccc2c(Cn3cc(CN4CCC(N)CC4)nn3)c(C)ccc2c1.